The summed E-state index contributed by atoms with van der Waals surface area (Å²) in [4.78, 5) is 22.3. The zero-order valence-corrected chi connectivity index (χ0v) is 13.3. The highest BCUT2D eigenvalue weighted by Gasteiger charge is 2.12. The number of carboxylic acid groups (broad SMARTS) is 1. The van der Waals surface area contributed by atoms with Crippen molar-refractivity contribution in [1.29, 1.82) is 0 Å². The van der Waals surface area contributed by atoms with Gasteiger partial charge in [0.05, 0.1) is 12.5 Å². The Morgan fingerprint density at radius 1 is 1.13 bits per heavy atom. The molecule has 5 nitrogen and oxygen atoms in total. The average Bonchev–Trinajstić information content (AvgIpc) is 2.51. The first-order chi connectivity index (χ1) is 11.0. The van der Waals surface area contributed by atoms with E-state index in [0.717, 1.165) is 22.1 Å². The number of amides is 1. The molecule has 5 heteroatoms. The van der Waals surface area contributed by atoms with Crippen LogP contribution in [0, 0.1) is 0 Å². The number of aliphatic carboxylic acids is 1. The Hall–Kier alpha value is -2.56. The Balaban J connectivity index is 2.22. The van der Waals surface area contributed by atoms with Gasteiger partial charge in [-0.1, -0.05) is 30.3 Å². The second kappa shape index (κ2) is 7.63. The molecule has 23 heavy (non-hydrogen) atoms. The van der Waals surface area contributed by atoms with Crippen molar-refractivity contribution >= 4 is 22.6 Å². The molecule has 0 radical (unpaired) electrons. The molecule has 0 fully saturated rings. The third-order valence-electron chi connectivity index (χ3n) is 3.39. The Kier molecular flexibility index (Phi) is 5.57. The van der Waals surface area contributed by atoms with Gasteiger partial charge in [-0.3, -0.25) is 9.59 Å². The number of carbonyl (C=O) groups excluding carboxylic acids is 1. The summed E-state index contributed by atoms with van der Waals surface area (Å²) in [6, 6.07) is 11.8. The van der Waals surface area contributed by atoms with E-state index >= 15 is 0 Å². The number of carboxylic acids is 1. The van der Waals surface area contributed by atoms with Gasteiger partial charge < -0.3 is 15.2 Å². The lowest BCUT2D eigenvalue weighted by Gasteiger charge is -2.17. The molecule has 0 unspecified atom stereocenters. The van der Waals surface area contributed by atoms with Gasteiger partial charge in [0, 0.05) is 18.5 Å². The minimum Gasteiger partial charge on any atom is -0.491 e. The van der Waals surface area contributed by atoms with Crippen molar-refractivity contribution in [1.82, 2.24) is 5.32 Å². The van der Waals surface area contributed by atoms with Crippen molar-refractivity contribution in [2.24, 2.45) is 0 Å². The van der Waals surface area contributed by atoms with Crippen molar-refractivity contribution in [3.05, 3.63) is 42.0 Å². The van der Waals surface area contributed by atoms with Crippen LogP contribution >= 0.6 is 0 Å². The molecule has 0 saturated heterocycles. The van der Waals surface area contributed by atoms with Gasteiger partial charge in [0.2, 0.25) is 5.91 Å². The van der Waals surface area contributed by atoms with Crippen LogP contribution in [-0.4, -0.2) is 23.1 Å². The van der Waals surface area contributed by atoms with Crippen LogP contribution in [0.25, 0.3) is 10.8 Å². The average molecular weight is 315 g/mol. The SMILES string of the molecule is CC(C)Oc1ccc2ccccc2c1CNC(=O)CCC(=O)O. The smallest absolute Gasteiger partial charge is 0.303 e. The van der Waals surface area contributed by atoms with Crippen LogP contribution in [0.5, 0.6) is 5.75 Å². The van der Waals surface area contributed by atoms with Crippen molar-refractivity contribution in [2.75, 3.05) is 0 Å². The lowest BCUT2D eigenvalue weighted by molar-refractivity contribution is -0.138. The third kappa shape index (κ3) is 4.71. The van der Waals surface area contributed by atoms with Crippen LogP contribution in [0.1, 0.15) is 32.3 Å². The molecule has 0 spiro atoms. The van der Waals surface area contributed by atoms with Crippen LogP contribution in [0.2, 0.25) is 0 Å². The summed E-state index contributed by atoms with van der Waals surface area (Å²) < 4.78 is 5.84. The van der Waals surface area contributed by atoms with Crippen molar-refractivity contribution in [3.63, 3.8) is 0 Å². The zero-order valence-electron chi connectivity index (χ0n) is 13.3. The molecule has 2 rings (SSSR count). The second-order valence-corrected chi connectivity index (χ2v) is 5.60. The fraction of sp³-hybridized carbons (Fsp3) is 0.333. The van der Waals surface area contributed by atoms with Crippen LogP contribution in [0.15, 0.2) is 36.4 Å². The van der Waals surface area contributed by atoms with Gasteiger partial charge in [-0.25, -0.2) is 0 Å². The van der Waals surface area contributed by atoms with E-state index in [1.54, 1.807) is 0 Å². The maximum absolute atomic E-state index is 11.8. The molecule has 122 valence electrons. The van der Waals surface area contributed by atoms with E-state index in [4.69, 9.17) is 9.84 Å². The van der Waals surface area contributed by atoms with Crippen LogP contribution in [0.3, 0.4) is 0 Å². The predicted octanol–water partition coefficient (Wildman–Crippen LogP) is 3.11. The molecule has 1 amide bonds. The lowest BCUT2D eigenvalue weighted by atomic mass is 10.0. The Morgan fingerprint density at radius 3 is 2.57 bits per heavy atom. The highest BCUT2D eigenvalue weighted by atomic mass is 16.5. The summed E-state index contributed by atoms with van der Waals surface area (Å²) in [5, 5.41) is 13.5. The fourth-order valence-electron chi connectivity index (χ4n) is 2.36. The Bertz CT molecular complexity index is 709. The molecule has 0 atom stereocenters. The van der Waals surface area contributed by atoms with E-state index in [1.165, 1.54) is 0 Å². The van der Waals surface area contributed by atoms with Gasteiger partial charge in [0.1, 0.15) is 5.75 Å². The minimum absolute atomic E-state index is 0.0256. The number of hydrogen-bond donors (Lipinski definition) is 2. The first-order valence-corrected chi connectivity index (χ1v) is 7.63. The molecule has 2 N–H and O–H groups in total. The van der Waals surface area contributed by atoms with Gasteiger partial charge in [0.25, 0.3) is 0 Å². The molecule has 0 heterocycles. The summed E-state index contributed by atoms with van der Waals surface area (Å²) in [5.41, 5.74) is 0.903. The number of rotatable bonds is 7. The van der Waals surface area contributed by atoms with Crippen molar-refractivity contribution < 1.29 is 19.4 Å². The predicted molar refractivity (Wildman–Crippen MR) is 88.4 cm³/mol. The van der Waals surface area contributed by atoms with Crippen LogP contribution in [-0.2, 0) is 16.1 Å². The third-order valence-corrected chi connectivity index (χ3v) is 3.39. The molecule has 2 aromatic carbocycles. The molecule has 0 aromatic heterocycles. The van der Waals surface area contributed by atoms with E-state index in [-0.39, 0.29) is 24.9 Å². The molecule has 0 saturated carbocycles. The van der Waals surface area contributed by atoms with Gasteiger partial charge in [0.15, 0.2) is 0 Å². The van der Waals surface area contributed by atoms with E-state index in [0.29, 0.717) is 6.54 Å². The second-order valence-electron chi connectivity index (χ2n) is 5.60. The number of ether oxygens (including phenoxy) is 1. The minimum atomic E-state index is -0.978. The first-order valence-electron chi connectivity index (χ1n) is 7.63. The Morgan fingerprint density at radius 2 is 1.87 bits per heavy atom. The molecular weight excluding hydrogens is 294 g/mol. The van der Waals surface area contributed by atoms with E-state index in [9.17, 15) is 9.59 Å². The van der Waals surface area contributed by atoms with Gasteiger partial charge in [-0.15, -0.1) is 0 Å². The summed E-state index contributed by atoms with van der Waals surface area (Å²) in [6.45, 7) is 4.21. The number of hydrogen-bond acceptors (Lipinski definition) is 3. The van der Waals surface area contributed by atoms with E-state index in [2.05, 4.69) is 5.32 Å². The highest BCUT2D eigenvalue weighted by Crippen LogP contribution is 2.28. The van der Waals surface area contributed by atoms with Crippen molar-refractivity contribution in [3.8, 4) is 5.75 Å². The Labute approximate surface area is 135 Å². The molecule has 0 aliphatic heterocycles. The number of fused-ring (bicyclic) bond motifs is 1. The van der Waals surface area contributed by atoms with Crippen LogP contribution in [0.4, 0.5) is 0 Å². The number of benzene rings is 2. The van der Waals surface area contributed by atoms with Gasteiger partial charge >= 0.3 is 5.97 Å². The summed E-state index contributed by atoms with van der Waals surface area (Å²) >= 11 is 0. The molecule has 2 aromatic rings. The lowest BCUT2D eigenvalue weighted by Crippen LogP contribution is -2.24. The van der Waals surface area contributed by atoms with Gasteiger partial charge in [-0.2, -0.15) is 0 Å². The summed E-state index contributed by atoms with van der Waals surface area (Å²) in [5.74, 6) is -0.526. The molecular formula is C18H21NO4. The summed E-state index contributed by atoms with van der Waals surface area (Å²) in [6.07, 6.45) is -0.172. The van der Waals surface area contributed by atoms with E-state index < -0.39 is 5.97 Å². The largest absolute Gasteiger partial charge is 0.491 e. The normalized spacial score (nSPS) is 10.7. The summed E-state index contributed by atoms with van der Waals surface area (Å²) in [7, 11) is 0. The van der Waals surface area contributed by atoms with Crippen molar-refractivity contribution in [2.45, 2.75) is 39.3 Å². The molecule has 0 bridgehead atoms. The monoisotopic (exact) mass is 315 g/mol. The first kappa shape index (κ1) is 16.8. The number of carbonyl (C=O) groups is 2. The molecule has 0 aliphatic carbocycles. The maximum Gasteiger partial charge on any atom is 0.303 e. The fourth-order valence-corrected chi connectivity index (χ4v) is 2.36. The van der Waals surface area contributed by atoms with E-state index in [1.807, 2.05) is 50.2 Å². The maximum atomic E-state index is 11.8. The standard InChI is InChI=1S/C18H21NO4/c1-12(2)23-16-8-7-13-5-3-4-6-14(13)15(16)11-19-17(20)9-10-18(21)22/h3-8,12H,9-11H2,1-2H3,(H,19,20)(H,21,22). The zero-order chi connectivity index (χ0) is 16.8. The van der Waals surface area contributed by atoms with Gasteiger partial charge in [-0.05, 0) is 30.7 Å². The quantitative estimate of drug-likeness (QED) is 0.823. The molecule has 0 aliphatic rings. The topological polar surface area (TPSA) is 75.6 Å². The van der Waals surface area contributed by atoms with Crippen LogP contribution < -0.4 is 10.1 Å². The highest BCUT2D eigenvalue weighted by molar-refractivity contribution is 5.88. The number of nitrogens with one attached hydrogen (secondary N) is 1.